The minimum Gasteiger partial charge on any atom is -0.399 e. The second-order valence-corrected chi connectivity index (χ2v) is 5.25. The molecule has 1 aromatic heterocycles. The van der Waals surface area contributed by atoms with Gasteiger partial charge in [0.2, 0.25) is 0 Å². The van der Waals surface area contributed by atoms with Crippen LogP contribution in [0, 0.1) is 0 Å². The highest BCUT2D eigenvalue weighted by Crippen LogP contribution is 2.36. The van der Waals surface area contributed by atoms with E-state index < -0.39 is 0 Å². The summed E-state index contributed by atoms with van der Waals surface area (Å²) < 4.78 is 1.19. The molecular formula is C12H15N3S. The molecule has 1 fully saturated rings. The third-order valence-electron chi connectivity index (χ3n) is 2.98. The van der Waals surface area contributed by atoms with Gasteiger partial charge >= 0.3 is 0 Å². The van der Waals surface area contributed by atoms with E-state index in [9.17, 15) is 0 Å². The lowest BCUT2D eigenvalue weighted by Gasteiger charge is -2.18. The molecule has 1 aliphatic rings. The standard InChI is InChI=1S/C12H15N3S/c1-2-15(9-4-5-9)12-14-10-6-3-8(13)7-11(10)16-12/h3,6-7,9H,2,4-5,13H2,1H3. The minimum atomic E-state index is 0.725. The monoisotopic (exact) mass is 233 g/mol. The summed E-state index contributed by atoms with van der Waals surface area (Å²) in [5, 5.41) is 1.14. The molecule has 0 spiro atoms. The molecule has 0 aliphatic heterocycles. The predicted molar refractivity (Wildman–Crippen MR) is 70.1 cm³/mol. The van der Waals surface area contributed by atoms with Crippen molar-refractivity contribution in [3.8, 4) is 0 Å². The predicted octanol–water partition coefficient (Wildman–Crippen LogP) is 2.87. The van der Waals surface area contributed by atoms with E-state index >= 15 is 0 Å². The lowest BCUT2D eigenvalue weighted by molar-refractivity contribution is 0.823. The molecule has 3 nitrogen and oxygen atoms in total. The van der Waals surface area contributed by atoms with Gasteiger partial charge in [-0.2, -0.15) is 0 Å². The second kappa shape index (κ2) is 3.63. The molecule has 3 rings (SSSR count). The van der Waals surface area contributed by atoms with Gasteiger partial charge in [0.1, 0.15) is 0 Å². The van der Waals surface area contributed by atoms with Crippen molar-refractivity contribution < 1.29 is 0 Å². The van der Waals surface area contributed by atoms with E-state index in [-0.39, 0.29) is 0 Å². The Morgan fingerprint density at radius 3 is 3.00 bits per heavy atom. The first kappa shape index (κ1) is 9.90. The van der Waals surface area contributed by atoms with Crippen molar-refractivity contribution in [1.82, 2.24) is 4.98 Å². The number of hydrogen-bond donors (Lipinski definition) is 1. The molecule has 0 unspecified atom stereocenters. The van der Waals surface area contributed by atoms with Gasteiger partial charge in [-0.25, -0.2) is 4.98 Å². The highest BCUT2D eigenvalue weighted by molar-refractivity contribution is 7.22. The van der Waals surface area contributed by atoms with Gasteiger partial charge in [0.05, 0.1) is 10.2 Å². The third-order valence-corrected chi connectivity index (χ3v) is 4.03. The minimum absolute atomic E-state index is 0.725. The van der Waals surface area contributed by atoms with E-state index in [1.807, 2.05) is 18.2 Å². The SMILES string of the molecule is CCN(c1nc2ccc(N)cc2s1)C1CC1. The number of hydrogen-bond acceptors (Lipinski definition) is 4. The summed E-state index contributed by atoms with van der Waals surface area (Å²) >= 11 is 1.75. The molecule has 1 saturated carbocycles. The van der Waals surface area contributed by atoms with E-state index in [2.05, 4.69) is 16.8 Å². The first-order chi connectivity index (χ1) is 7.78. The van der Waals surface area contributed by atoms with Gasteiger partial charge in [0, 0.05) is 18.3 Å². The van der Waals surface area contributed by atoms with E-state index in [1.54, 1.807) is 11.3 Å². The number of nitrogen functional groups attached to an aromatic ring is 1. The molecule has 0 bridgehead atoms. The number of nitrogens with two attached hydrogens (primary N) is 1. The van der Waals surface area contributed by atoms with Crippen molar-refractivity contribution in [2.45, 2.75) is 25.8 Å². The highest BCUT2D eigenvalue weighted by Gasteiger charge is 2.29. The Morgan fingerprint density at radius 1 is 1.50 bits per heavy atom. The van der Waals surface area contributed by atoms with Crippen molar-refractivity contribution >= 4 is 32.4 Å². The van der Waals surface area contributed by atoms with Gasteiger partial charge in [-0.05, 0) is 38.0 Å². The molecule has 16 heavy (non-hydrogen) atoms. The number of anilines is 2. The van der Waals surface area contributed by atoms with Gasteiger partial charge in [0.15, 0.2) is 5.13 Å². The zero-order chi connectivity index (χ0) is 11.1. The number of nitrogens with zero attached hydrogens (tertiary/aromatic N) is 2. The molecule has 4 heteroatoms. The zero-order valence-corrected chi connectivity index (χ0v) is 10.1. The number of benzene rings is 1. The molecule has 2 aromatic rings. The van der Waals surface area contributed by atoms with Crippen LogP contribution in [-0.2, 0) is 0 Å². The lowest BCUT2D eigenvalue weighted by Crippen LogP contribution is -2.24. The summed E-state index contributed by atoms with van der Waals surface area (Å²) in [6, 6.07) is 6.66. The van der Waals surface area contributed by atoms with E-state index in [0.29, 0.717) is 0 Å². The average molecular weight is 233 g/mol. The Bertz CT molecular complexity index is 516. The second-order valence-electron chi connectivity index (χ2n) is 4.24. The Morgan fingerprint density at radius 2 is 2.31 bits per heavy atom. The van der Waals surface area contributed by atoms with E-state index in [4.69, 9.17) is 5.73 Å². The quantitative estimate of drug-likeness (QED) is 0.829. The smallest absolute Gasteiger partial charge is 0.186 e. The van der Waals surface area contributed by atoms with Gasteiger partial charge < -0.3 is 10.6 Å². The summed E-state index contributed by atoms with van der Waals surface area (Å²) in [7, 11) is 0. The van der Waals surface area contributed by atoms with Crippen LogP contribution >= 0.6 is 11.3 Å². The Hall–Kier alpha value is -1.29. The van der Waals surface area contributed by atoms with Crippen LogP contribution in [0.25, 0.3) is 10.2 Å². The lowest BCUT2D eigenvalue weighted by atomic mass is 10.3. The maximum Gasteiger partial charge on any atom is 0.186 e. The largest absolute Gasteiger partial charge is 0.399 e. The van der Waals surface area contributed by atoms with Crippen LogP contribution in [0.15, 0.2) is 18.2 Å². The van der Waals surface area contributed by atoms with E-state index in [0.717, 1.165) is 28.9 Å². The molecule has 0 atom stereocenters. The number of thiazole rings is 1. The molecule has 0 saturated heterocycles. The van der Waals surface area contributed by atoms with Crippen LogP contribution in [-0.4, -0.2) is 17.6 Å². The van der Waals surface area contributed by atoms with Crippen molar-refractivity contribution in [2.24, 2.45) is 0 Å². The Kier molecular flexibility index (Phi) is 2.24. The average Bonchev–Trinajstić information content (AvgIpc) is 2.99. The number of rotatable bonds is 3. The van der Waals surface area contributed by atoms with Crippen LogP contribution in [0.5, 0.6) is 0 Å². The summed E-state index contributed by atoms with van der Waals surface area (Å²) in [6.45, 7) is 3.23. The van der Waals surface area contributed by atoms with E-state index in [1.165, 1.54) is 17.5 Å². The van der Waals surface area contributed by atoms with Gasteiger partial charge in [-0.1, -0.05) is 11.3 Å². The summed E-state index contributed by atoms with van der Waals surface area (Å²) in [6.07, 6.45) is 2.62. The van der Waals surface area contributed by atoms with Gasteiger partial charge in [-0.3, -0.25) is 0 Å². The molecule has 1 aromatic carbocycles. The summed E-state index contributed by atoms with van der Waals surface area (Å²) in [5.74, 6) is 0. The number of aromatic nitrogens is 1. The van der Waals surface area contributed by atoms with Crippen molar-refractivity contribution in [3.63, 3.8) is 0 Å². The van der Waals surface area contributed by atoms with Gasteiger partial charge in [-0.15, -0.1) is 0 Å². The first-order valence-electron chi connectivity index (χ1n) is 5.70. The van der Waals surface area contributed by atoms with Crippen molar-refractivity contribution in [3.05, 3.63) is 18.2 Å². The fraction of sp³-hybridized carbons (Fsp3) is 0.417. The highest BCUT2D eigenvalue weighted by atomic mass is 32.1. The molecule has 84 valence electrons. The van der Waals surface area contributed by atoms with Crippen LogP contribution in [0.1, 0.15) is 19.8 Å². The van der Waals surface area contributed by atoms with Crippen molar-refractivity contribution in [2.75, 3.05) is 17.2 Å². The van der Waals surface area contributed by atoms with Crippen molar-refractivity contribution in [1.29, 1.82) is 0 Å². The van der Waals surface area contributed by atoms with Gasteiger partial charge in [0.25, 0.3) is 0 Å². The van der Waals surface area contributed by atoms with Crippen LogP contribution in [0.2, 0.25) is 0 Å². The fourth-order valence-corrected chi connectivity index (χ4v) is 3.14. The molecule has 2 N–H and O–H groups in total. The zero-order valence-electron chi connectivity index (χ0n) is 9.31. The van der Waals surface area contributed by atoms with Crippen LogP contribution < -0.4 is 10.6 Å². The fourth-order valence-electron chi connectivity index (χ4n) is 1.99. The maximum absolute atomic E-state index is 5.78. The topological polar surface area (TPSA) is 42.2 Å². The third kappa shape index (κ3) is 1.63. The normalized spacial score (nSPS) is 15.6. The molecule has 0 amide bonds. The molecular weight excluding hydrogens is 218 g/mol. The first-order valence-corrected chi connectivity index (χ1v) is 6.52. The molecule has 1 aliphatic carbocycles. The molecule has 1 heterocycles. The van der Waals surface area contributed by atoms with Crippen LogP contribution in [0.3, 0.4) is 0 Å². The maximum atomic E-state index is 5.78. The summed E-state index contributed by atoms with van der Waals surface area (Å²) in [4.78, 5) is 7.08. The molecule has 0 radical (unpaired) electrons. The Labute approximate surface area is 98.9 Å². The summed E-state index contributed by atoms with van der Waals surface area (Å²) in [5.41, 5.74) is 7.66. The number of fused-ring (bicyclic) bond motifs is 1. The Balaban J connectivity index is 2.03. The van der Waals surface area contributed by atoms with Crippen LogP contribution in [0.4, 0.5) is 10.8 Å².